The van der Waals surface area contributed by atoms with Gasteiger partial charge < -0.3 is 30.1 Å². The number of hydrogen-bond acceptors (Lipinski definition) is 7. The first-order valence-corrected chi connectivity index (χ1v) is 12.4. The number of aromatic nitrogens is 2. The zero-order valence-electron chi connectivity index (χ0n) is 21.4. The van der Waals surface area contributed by atoms with Gasteiger partial charge in [0.25, 0.3) is 0 Å². The highest BCUT2D eigenvalue weighted by Crippen LogP contribution is 2.23. The number of phenols is 1. The number of carboxylic acid groups (broad SMARTS) is 3. The van der Waals surface area contributed by atoms with E-state index in [0.717, 1.165) is 47.8 Å². The number of nitrogens with zero attached hydrogens (tertiary/aromatic N) is 3. The smallest absolute Gasteiger partial charge is 0.336 e. The molecule has 0 atom stereocenters. The zero-order chi connectivity index (χ0) is 29.0. The van der Waals surface area contributed by atoms with Crippen molar-refractivity contribution in [2.24, 2.45) is 0 Å². The summed E-state index contributed by atoms with van der Waals surface area (Å²) >= 11 is 6.35. The maximum absolute atomic E-state index is 10.3. The van der Waals surface area contributed by atoms with Crippen molar-refractivity contribution in [3.63, 3.8) is 0 Å². The highest BCUT2D eigenvalue weighted by molar-refractivity contribution is 6.31. The van der Waals surface area contributed by atoms with Crippen LogP contribution in [-0.4, -0.2) is 70.0 Å². The van der Waals surface area contributed by atoms with E-state index in [2.05, 4.69) is 20.5 Å². The first-order chi connectivity index (χ1) is 18.4. The molecule has 1 aromatic heterocycles. The molecule has 0 radical (unpaired) electrons. The number of halogens is 1. The molecule has 0 aliphatic heterocycles. The molecule has 0 unspecified atom stereocenters. The van der Waals surface area contributed by atoms with Crippen LogP contribution in [0.15, 0.2) is 61.2 Å². The molecule has 5 N–H and O–H groups in total. The average Bonchev–Trinajstić information content (AvgIpc) is 3.35. The molecule has 11 nitrogen and oxygen atoms in total. The molecule has 1 heterocycles. The van der Waals surface area contributed by atoms with Gasteiger partial charge in [-0.1, -0.05) is 47.5 Å². The van der Waals surface area contributed by atoms with Crippen LogP contribution >= 0.6 is 11.6 Å². The molecular weight excluding hydrogens is 530 g/mol. The Morgan fingerprint density at radius 1 is 1.00 bits per heavy atom. The fourth-order valence-electron chi connectivity index (χ4n) is 3.77. The van der Waals surface area contributed by atoms with Gasteiger partial charge in [-0.3, -0.25) is 14.5 Å². The number of aromatic hydroxyl groups is 1. The minimum atomic E-state index is -2.74. The summed E-state index contributed by atoms with van der Waals surface area (Å²) in [5.74, 6) is -4.68. The van der Waals surface area contributed by atoms with E-state index in [0.29, 0.717) is 12.3 Å². The van der Waals surface area contributed by atoms with Crippen molar-refractivity contribution in [3.05, 3.63) is 82.9 Å². The molecule has 0 spiro atoms. The molecule has 12 heteroatoms. The summed E-state index contributed by atoms with van der Waals surface area (Å²) in [6.45, 7) is 5.29. The quantitative estimate of drug-likeness (QED) is 0.208. The lowest BCUT2D eigenvalue weighted by Gasteiger charge is -2.24. The Morgan fingerprint density at radius 2 is 1.64 bits per heavy atom. The number of carbonyl (C=O) groups is 3. The second-order valence-electron chi connectivity index (χ2n) is 9.07. The van der Waals surface area contributed by atoms with E-state index in [4.69, 9.17) is 32.0 Å². The topological polar surface area (TPSA) is 173 Å². The predicted molar refractivity (Wildman–Crippen MR) is 142 cm³/mol. The van der Waals surface area contributed by atoms with E-state index in [1.165, 1.54) is 0 Å². The van der Waals surface area contributed by atoms with Gasteiger partial charge in [-0.05, 0) is 31.0 Å². The van der Waals surface area contributed by atoms with Crippen LogP contribution in [0.25, 0.3) is 0 Å². The van der Waals surface area contributed by atoms with Crippen molar-refractivity contribution in [1.82, 2.24) is 14.5 Å². The third-order valence-electron chi connectivity index (χ3n) is 5.72. The van der Waals surface area contributed by atoms with Gasteiger partial charge >= 0.3 is 17.9 Å². The van der Waals surface area contributed by atoms with E-state index in [1.54, 1.807) is 12.3 Å². The first kappa shape index (κ1) is 31.3. The normalized spacial score (nSPS) is 11.1. The standard InChI is InChI=1S/C21H24ClN3O.C6H8O7/c1-17-7-8-21(26)19(13-17)15-25(11-4-10-24-12-9-23-16-24)14-18-5-2-3-6-20(18)22;7-3(8)1-6(13,5(11)12)2-4(9)10/h2-3,5-9,12-13,16,26H,4,10-11,14-15H2,1H3;13H,1-2H2,(H,7,8)(H,9,10)(H,11,12). The molecule has 0 saturated heterocycles. The van der Waals surface area contributed by atoms with Crippen LogP contribution < -0.4 is 0 Å². The number of rotatable bonds is 13. The van der Waals surface area contributed by atoms with E-state index in [9.17, 15) is 19.5 Å². The van der Waals surface area contributed by atoms with Crippen LogP contribution in [0.1, 0.15) is 36.0 Å². The summed E-state index contributed by atoms with van der Waals surface area (Å²) in [4.78, 5) is 36.9. The Bertz CT molecular complexity index is 1230. The Balaban J connectivity index is 0.000000349. The van der Waals surface area contributed by atoms with Crippen molar-refractivity contribution in [2.75, 3.05) is 6.54 Å². The molecule has 39 heavy (non-hydrogen) atoms. The molecule has 3 aromatic rings. The number of phenolic OH excluding ortho intramolecular Hbond substituents is 1. The number of aliphatic hydroxyl groups is 1. The summed E-state index contributed by atoms with van der Waals surface area (Å²) in [7, 11) is 0. The van der Waals surface area contributed by atoms with Crippen molar-refractivity contribution in [1.29, 1.82) is 0 Å². The SMILES string of the molecule is Cc1ccc(O)c(CN(CCCn2ccnc2)Cc2ccccc2Cl)c1.O=C(O)CC(O)(CC(=O)O)C(=O)O. The van der Waals surface area contributed by atoms with Gasteiger partial charge in [0, 0.05) is 49.2 Å². The molecule has 210 valence electrons. The summed E-state index contributed by atoms with van der Waals surface area (Å²) < 4.78 is 2.08. The van der Waals surface area contributed by atoms with E-state index >= 15 is 0 Å². The maximum Gasteiger partial charge on any atom is 0.336 e. The minimum Gasteiger partial charge on any atom is -0.508 e. The van der Waals surface area contributed by atoms with Crippen LogP contribution in [-0.2, 0) is 34.0 Å². The average molecular weight is 562 g/mol. The minimum absolute atomic E-state index is 0.342. The molecule has 3 rings (SSSR count). The van der Waals surface area contributed by atoms with Crippen molar-refractivity contribution in [3.8, 4) is 5.75 Å². The Kier molecular flexibility index (Phi) is 11.9. The van der Waals surface area contributed by atoms with Gasteiger partial charge in [0.1, 0.15) is 5.75 Å². The third kappa shape index (κ3) is 10.8. The van der Waals surface area contributed by atoms with Crippen molar-refractivity contribution in [2.45, 2.75) is 51.4 Å². The lowest BCUT2D eigenvalue weighted by Crippen LogP contribution is -2.42. The van der Waals surface area contributed by atoms with Gasteiger partial charge in [0.05, 0.1) is 19.2 Å². The van der Waals surface area contributed by atoms with Crippen molar-refractivity contribution < 1.29 is 39.9 Å². The highest BCUT2D eigenvalue weighted by atomic mass is 35.5. The van der Waals surface area contributed by atoms with Gasteiger partial charge in [0.15, 0.2) is 5.60 Å². The molecule has 0 aliphatic rings. The number of carboxylic acids is 3. The molecule has 0 aliphatic carbocycles. The van der Waals surface area contributed by atoms with Crippen LogP contribution in [0.4, 0.5) is 0 Å². The number of hydrogen-bond donors (Lipinski definition) is 5. The fraction of sp³-hybridized carbons (Fsp3) is 0.333. The molecule has 2 aromatic carbocycles. The predicted octanol–water partition coefficient (Wildman–Crippen LogP) is 3.39. The van der Waals surface area contributed by atoms with Crippen LogP contribution in [0.3, 0.4) is 0 Å². The number of aryl methyl sites for hydroxylation is 2. The van der Waals surface area contributed by atoms with Crippen LogP contribution in [0, 0.1) is 6.92 Å². The van der Waals surface area contributed by atoms with Crippen LogP contribution in [0.5, 0.6) is 5.75 Å². The van der Waals surface area contributed by atoms with Gasteiger partial charge in [-0.2, -0.15) is 0 Å². The lowest BCUT2D eigenvalue weighted by molar-refractivity contribution is -0.170. The number of aliphatic carboxylic acids is 3. The summed E-state index contributed by atoms with van der Waals surface area (Å²) in [5, 5.41) is 44.8. The second-order valence-corrected chi connectivity index (χ2v) is 9.47. The monoisotopic (exact) mass is 561 g/mol. The Hall–Kier alpha value is -3.93. The second kappa shape index (κ2) is 14.9. The van der Waals surface area contributed by atoms with Gasteiger partial charge in [0.2, 0.25) is 0 Å². The van der Waals surface area contributed by atoms with E-state index < -0.39 is 36.4 Å². The lowest BCUT2D eigenvalue weighted by atomic mass is 9.96. The highest BCUT2D eigenvalue weighted by Gasteiger charge is 2.40. The molecule has 0 saturated carbocycles. The summed E-state index contributed by atoms with van der Waals surface area (Å²) in [6, 6.07) is 13.7. The Morgan fingerprint density at radius 3 is 2.21 bits per heavy atom. The van der Waals surface area contributed by atoms with Gasteiger partial charge in [-0.15, -0.1) is 0 Å². The molecule has 0 fully saturated rings. The fourth-order valence-corrected chi connectivity index (χ4v) is 3.97. The van der Waals surface area contributed by atoms with Gasteiger partial charge in [-0.25, -0.2) is 9.78 Å². The Labute approximate surface area is 230 Å². The third-order valence-corrected chi connectivity index (χ3v) is 6.08. The maximum atomic E-state index is 10.3. The number of imidazole rings is 1. The zero-order valence-corrected chi connectivity index (χ0v) is 22.2. The molecule has 0 bridgehead atoms. The van der Waals surface area contributed by atoms with E-state index in [-0.39, 0.29) is 0 Å². The molecule has 0 amide bonds. The summed E-state index contributed by atoms with van der Waals surface area (Å²) in [6.07, 6.45) is 4.32. The molecular formula is C27H32ClN3O8. The van der Waals surface area contributed by atoms with Crippen molar-refractivity contribution >= 4 is 29.5 Å². The number of benzene rings is 2. The van der Waals surface area contributed by atoms with Crippen LogP contribution in [0.2, 0.25) is 5.02 Å². The largest absolute Gasteiger partial charge is 0.508 e. The summed E-state index contributed by atoms with van der Waals surface area (Å²) in [5.41, 5.74) is 0.454. The van der Waals surface area contributed by atoms with E-state index in [1.807, 2.05) is 49.8 Å². The first-order valence-electron chi connectivity index (χ1n) is 12.0.